The van der Waals surface area contributed by atoms with Gasteiger partial charge in [0.2, 0.25) is 0 Å². The zero-order valence-corrected chi connectivity index (χ0v) is 19.6. The average Bonchev–Trinajstić information content (AvgIpc) is 2.75. The fourth-order valence-electron chi connectivity index (χ4n) is 2.84. The lowest BCUT2D eigenvalue weighted by Crippen LogP contribution is -2.27. The van der Waals surface area contributed by atoms with Crippen molar-refractivity contribution in [3.8, 4) is 0 Å². The molecule has 34 heavy (non-hydrogen) atoms. The SMILES string of the molecule is CC(C)(C)OC(=O)Nc1ccc(F)cc1NC(=O)c1ccc(NS(=O)(=O)c2ccccc2)cc1. The summed E-state index contributed by atoms with van der Waals surface area (Å²) < 4.78 is 46.3. The zero-order valence-electron chi connectivity index (χ0n) is 18.8. The molecule has 2 amide bonds. The summed E-state index contributed by atoms with van der Waals surface area (Å²) in [5.74, 6) is -1.20. The molecule has 0 saturated carbocycles. The molecular weight excluding hydrogens is 461 g/mol. The highest BCUT2D eigenvalue weighted by Gasteiger charge is 2.19. The van der Waals surface area contributed by atoms with Gasteiger partial charge in [0.05, 0.1) is 16.3 Å². The number of anilines is 3. The molecule has 0 aliphatic rings. The number of benzene rings is 3. The topological polar surface area (TPSA) is 114 Å². The molecule has 0 fully saturated rings. The van der Waals surface area contributed by atoms with E-state index in [0.717, 1.165) is 12.1 Å². The van der Waals surface area contributed by atoms with Crippen LogP contribution in [0.1, 0.15) is 31.1 Å². The predicted octanol–water partition coefficient (Wildman–Crippen LogP) is 5.23. The van der Waals surface area contributed by atoms with Crippen LogP contribution in [-0.4, -0.2) is 26.0 Å². The highest BCUT2D eigenvalue weighted by molar-refractivity contribution is 7.92. The lowest BCUT2D eigenvalue weighted by molar-refractivity contribution is 0.0635. The van der Waals surface area contributed by atoms with E-state index in [2.05, 4.69) is 15.4 Å². The van der Waals surface area contributed by atoms with Gasteiger partial charge >= 0.3 is 6.09 Å². The third-order valence-corrected chi connectivity index (χ3v) is 5.72. The van der Waals surface area contributed by atoms with E-state index in [9.17, 15) is 22.4 Å². The molecule has 0 unspecified atom stereocenters. The molecule has 0 heterocycles. The van der Waals surface area contributed by atoms with Crippen molar-refractivity contribution >= 4 is 39.1 Å². The van der Waals surface area contributed by atoms with Gasteiger partial charge in [-0.15, -0.1) is 0 Å². The van der Waals surface area contributed by atoms with E-state index in [0.29, 0.717) is 0 Å². The van der Waals surface area contributed by atoms with Crippen LogP contribution in [0.15, 0.2) is 77.7 Å². The third kappa shape index (κ3) is 6.79. The quantitative estimate of drug-likeness (QED) is 0.443. The summed E-state index contributed by atoms with van der Waals surface area (Å²) in [5.41, 5.74) is -0.105. The summed E-state index contributed by atoms with van der Waals surface area (Å²) in [6.07, 6.45) is -0.760. The molecular formula is C24H24FN3O5S. The normalized spacial score (nSPS) is 11.4. The monoisotopic (exact) mass is 485 g/mol. The number of carbonyl (C=O) groups is 2. The Morgan fingerprint density at radius 2 is 1.50 bits per heavy atom. The average molecular weight is 486 g/mol. The highest BCUT2D eigenvalue weighted by Crippen LogP contribution is 2.25. The van der Waals surface area contributed by atoms with Crippen molar-refractivity contribution in [3.63, 3.8) is 0 Å². The van der Waals surface area contributed by atoms with Crippen molar-refractivity contribution in [2.24, 2.45) is 0 Å². The molecule has 0 radical (unpaired) electrons. The number of hydrogen-bond donors (Lipinski definition) is 3. The molecule has 3 aromatic rings. The molecule has 0 atom stereocenters. The van der Waals surface area contributed by atoms with Crippen molar-refractivity contribution < 1.29 is 27.1 Å². The number of nitrogens with one attached hydrogen (secondary N) is 3. The van der Waals surface area contributed by atoms with Gasteiger partial charge in [0.15, 0.2) is 0 Å². The van der Waals surface area contributed by atoms with Crippen LogP contribution >= 0.6 is 0 Å². The van der Waals surface area contributed by atoms with Crippen molar-refractivity contribution in [1.82, 2.24) is 0 Å². The molecule has 0 bridgehead atoms. The zero-order chi connectivity index (χ0) is 24.9. The van der Waals surface area contributed by atoms with Crippen LogP contribution in [0.4, 0.5) is 26.2 Å². The van der Waals surface area contributed by atoms with Gasteiger partial charge in [-0.05, 0) is 75.4 Å². The van der Waals surface area contributed by atoms with Crippen LogP contribution in [-0.2, 0) is 14.8 Å². The lowest BCUT2D eigenvalue weighted by atomic mass is 10.2. The Bertz CT molecular complexity index is 1290. The second-order valence-electron chi connectivity index (χ2n) is 8.27. The fraction of sp³-hybridized carbons (Fsp3) is 0.167. The predicted molar refractivity (Wildman–Crippen MR) is 128 cm³/mol. The van der Waals surface area contributed by atoms with Crippen molar-refractivity contribution in [1.29, 1.82) is 0 Å². The van der Waals surface area contributed by atoms with Crippen LogP contribution < -0.4 is 15.4 Å². The van der Waals surface area contributed by atoms with Gasteiger partial charge in [-0.1, -0.05) is 18.2 Å². The maximum absolute atomic E-state index is 13.8. The Hall–Kier alpha value is -3.92. The van der Waals surface area contributed by atoms with Gasteiger partial charge in [-0.25, -0.2) is 17.6 Å². The van der Waals surface area contributed by atoms with E-state index < -0.39 is 33.4 Å². The van der Waals surface area contributed by atoms with Crippen molar-refractivity contribution in [2.45, 2.75) is 31.3 Å². The first-order valence-corrected chi connectivity index (χ1v) is 11.7. The van der Waals surface area contributed by atoms with E-state index in [4.69, 9.17) is 4.74 Å². The summed E-state index contributed by atoms with van der Waals surface area (Å²) in [5, 5.41) is 5.02. The van der Waals surface area contributed by atoms with Crippen LogP contribution in [0, 0.1) is 5.82 Å². The minimum absolute atomic E-state index is 0.0321. The van der Waals surface area contributed by atoms with Crippen LogP contribution in [0.5, 0.6) is 0 Å². The summed E-state index contributed by atoms with van der Waals surface area (Å²) in [6.45, 7) is 5.09. The van der Waals surface area contributed by atoms with Gasteiger partial charge < -0.3 is 10.1 Å². The highest BCUT2D eigenvalue weighted by atomic mass is 32.2. The number of sulfonamides is 1. The largest absolute Gasteiger partial charge is 0.444 e. The minimum atomic E-state index is -3.77. The molecule has 178 valence electrons. The number of ether oxygens (including phenoxy) is 1. The first-order chi connectivity index (χ1) is 15.9. The Morgan fingerprint density at radius 1 is 0.853 bits per heavy atom. The second-order valence-corrected chi connectivity index (χ2v) is 9.95. The number of carbonyl (C=O) groups excluding carboxylic acids is 2. The minimum Gasteiger partial charge on any atom is -0.444 e. The molecule has 10 heteroatoms. The van der Waals surface area contributed by atoms with Crippen molar-refractivity contribution in [2.75, 3.05) is 15.4 Å². The van der Waals surface area contributed by atoms with E-state index in [1.165, 1.54) is 42.5 Å². The standard InChI is InChI=1S/C24H24FN3O5S/c1-24(2,3)33-23(30)27-20-14-11-17(25)15-21(20)26-22(29)16-9-12-18(13-10-16)28-34(31,32)19-7-5-4-6-8-19/h4-15,28H,1-3H3,(H,26,29)(H,27,30). The number of halogens is 1. The lowest BCUT2D eigenvalue weighted by Gasteiger charge is -2.20. The molecule has 0 aliphatic carbocycles. The molecule has 3 rings (SSSR count). The molecule has 3 aromatic carbocycles. The smallest absolute Gasteiger partial charge is 0.412 e. The molecule has 0 spiro atoms. The molecule has 0 aliphatic heterocycles. The van der Waals surface area contributed by atoms with Gasteiger partial charge in [-0.3, -0.25) is 14.8 Å². The van der Waals surface area contributed by atoms with Crippen LogP contribution in [0.3, 0.4) is 0 Å². The van der Waals surface area contributed by atoms with E-state index >= 15 is 0 Å². The Morgan fingerprint density at radius 3 is 2.12 bits per heavy atom. The van der Waals surface area contributed by atoms with Gasteiger partial charge in [-0.2, -0.15) is 0 Å². The maximum atomic E-state index is 13.8. The van der Waals surface area contributed by atoms with Gasteiger partial charge in [0, 0.05) is 11.3 Å². The molecule has 0 saturated heterocycles. The molecule has 3 N–H and O–H groups in total. The Balaban J connectivity index is 1.72. The van der Waals surface area contributed by atoms with E-state index in [1.54, 1.807) is 39.0 Å². The summed E-state index contributed by atoms with van der Waals surface area (Å²) >= 11 is 0. The number of amides is 2. The van der Waals surface area contributed by atoms with Crippen LogP contribution in [0.25, 0.3) is 0 Å². The molecule has 0 aromatic heterocycles. The maximum Gasteiger partial charge on any atom is 0.412 e. The Kier molecular flexibility index (Phi) is 7.21. The first-order valence-electron chi connectivity index (χ1n) is 10.2. The van der Waals surface area contributed by atoms with Crippen LogP contribution in [0.2, 0.25) is 0 Å². The fourth-order valence-corrected chi connectivity index (χ4v) is 3.92. The van der Waals surface area contributed by atoms with E-state index in [1.807, 2.05) is 0 Å². The van der Waals surface area contributed by atoms with Gasteiger partial charge in [0.1, 0.15) is 11.4 Å². The second kappa shape index (κ2) is 9.92. The molecule has 8 nitrogen and oxygen atoms in total. The Labute approximate surface area is 197 Å². The summed E-state index contributed by atoms with van der Waals surface area (Å²) in [4.78, 5) is 24.9. The van der Waals surface area contributed by atoms with Gasteiger partial charge in [0.25, 0.3) is 15.9 Å². The third-order valence-electron chi connectivity index (χ3n) is 4.32. The van der Waals surface area contributed by atoms with E-state index in [-0.39, 0.29) is 27.5 Å². The first kappa shape index (κ1) is 24.7. The van der Waals surface area contributed by atoms with Crippen molar-refractivity contribution in [3.05, 3.63) is 84.2 Å². The summed E-state index contributed by atoms with van der Waals surface area (Å²) in [6, 6.07) is 17.1. The summed E-state index contributed by atoms with van der Waals surface area (Å²) in [7, 11) is -3.77. The number of hydrogen-bond acceptors (Lipinski definition) is 5. The number of rotatable bonds is 6.